The molecule has 6 nitrogen and oxygen atoms in total. The molecular weight excluding hydrogens is 477 g/mol. The Kier molecular flexibility index (Phi) is 10.2. The molecule has 0 saturated carbocycles. The molecule has 0 unspecified atom stereocenters. The minimum absolute atomic E-state index is 0. The highest BCUT2D eigenvalue weighted by Gasteiger charge is 2.16. The van der Waals surface area contributed by atoms with E-state index in [2.05, 4.69) is 50.4 Å². The van der Waals surface area contributed by atoms with E-state index in [1.54, 1.807) is 7.11 Å². The Morgan fingerprint density at radius 2 is 1.66 bits per heavy atom. The second-order valence-electron chi connectivity index (χ2n) is 7.08. The first-order chi connectivity index (χ1) is 13.7. The topological polar surface area (TPSA) is 66.1 Å². The van der Waals surface area contributed by atoms with Gasteiger partial charge in [-0.3, -0.25) is 9.89 Å². The Morgan fingerprint density at radius 3 is 2.31 bits per heavy atom. The molecule has 1 aliphatic heterocycles. The van der Waals surface area contributed by atoms with Gasteiger partial charge in [-0.1, -0.05) is 30.3 Å². The summed E-state index contributed by atoms with van der Waals surface area (Å²) in [5.41, 5.74) is 8.28. The average Bonchev–Trinajstić information content (AvgIpc) is 2.74. The summed E-state index contributed by atoms with van der Waals surface area (Å²) in [5.74, 6) is 1.28. The number of hydrogen-bond acceptors (Lipinski definition) is 4. The number of piperazine rings is 1. The van der Waals surface area contributed by atoms with Crippen molar-refractivity contribution >= 4 is 35.6 Å². The van der Waals surface area contributed by atoms with Crippen LogP contribution in [0.4, 0.5) is 5.69 Å². The minimum Gasteiger partial charge on any atom is -0.497 e. The van der Waals surface area contributed by atoms with Crippen LogP contribution < -0.4 is 15.8 Å². The third-order valence-corrected chi connectivity index (χ3v) is 4.99. The van der Waals surface area contributed by atoms with Crippen LogP contribution in [0.2, 0.25) is 0 Å². The van der Waals surface area contributed by atoms with E-state index in [-0.39, 0.29) is 24.0 Å². The van der Waals surface area contributed by atoms with Gasteiger partial charge in [-0.25, -0.2) is 0 Å². The first kappa shape index (κ1) is 23.4. The van der Waals surface area contributed by atoms with Gasteiger partial charge >= 0.3 is 0 Å². The first-order valence-corrected chi connectivity index (χ1v) is 9.92. The number of nitrogens with two attached hydrogens (primary N) is 1. The molecule has 0 bridgehead atoms. The number of hydrogen-bond donors (Lipinski definition) is 2. The number of ether oxygens (including phenoxy) is 1. The smallest absolute Gasteiger partial charge is 0.193 e. The molecule has 1 heterocycles. The highest BCUT2D eigenvalue weighted by atomic mass is 127. The van der Waals surface area contributed by atoms with Gasteiger partial charge in [0.2, 0.25) is 0 Å². The van der Waals surface area contributed by atoms with E-state index < -0.39 is 0 Å². The number of halogens is 1. The van der Waals surface area contributed by atoms with Crippen LogP contribution in [0.5, 0.6) is 5.75 Å². The van der Waals surface area contributed by atoms with Gasteiger partial charge < -0.3 is 20.7 Å². The summed E-state index contributed by atoms with van der Waals surface area (Å²) in [6, 6.07) is 18.3. The SMILES string of the molecule is COc1ccc(NC(N)=NCCCN2CCN(Cc3ccccc3)CC2)cc1.I. The van der Waals surface area contributed by atoms with Crippen molar-refractivity contribution in [3.05, 3.63) is 60.2 Å². The van der Waals surface area contributed by atoms with Crippen LogP contribution in [0.1, 0.15) is 12.0 Å². The molecule has 29 heavy (non-hydrogen) atoms. The summed E-state index contributed by atoms with van der Waals surface area (Å²) in [5, 5.41) is 3.11. The molecule has 0 aromatic heterocycles. The summed E-state index contributed by atoms with van der Waals surface area (Å²) in [6.45, 7) is 7.34. The molecule has 0 aliphatic carbocycles. The molecule has 0 atom stereocenters. The maximum atomic E-state index is 5.97. The molecule has 3 N–H and O–H groups in total. The van der Waals surface area contributed by atoms with Gasteiger partial charge in [-0.15, -0.1) is 24.0 Å². The molecule has 1 saturated heterocycles. The fraction of sp³-hybridized carbons (Fsp3) is 0.409. The maximum absolute atomic E-state index is 5.97. The molecule has 1 aliphatic rings. The highest BCUT2D eigenvalue weighted by Crippen LogP contribution is 2.14. The van der Waals surface area contributed by atoms with Crippen molar-refractivity contribution in [2.45, 2.75) is 13.0 Å². The summed E-state index contributed by atoms with van der Waals surface area (Å²) < 4.78 is 5.15. The fourth-order valence-corrected chi connectivity index (χ4v) is 3.37. The summed E-state index contributed by atoms with van der Waals surface area (Å²) in [7, 11) is 1.65. The van der Waals surface area contributed by atoms with E-state index in [1.165, 1.54) is 5.56 Å². The van der Waals surface area contributed by atoms with Gasteiger partial charge in [0.15, 0.2) is 5.96 Å². The molecule has 0 spiro atoms. The van der Waals surface area contributed by atoms with Gasteiger partial charge in [0.25, 0.3) is 0 Å². The Balaban J connectivity index is 0.00000300. The monoisotopic (exact) mass is 509 g/mol. The normalized spacial score (nSPS) is 15.6. The van der Waals surface area contributed by atoms with Gasteiger partial charge in [0, 0.05) is 51.5 Å². The second kappa shape index (κ2) is 12.7. The zero-order valence-electron chi connectivity index (χ0n) is 17.1. The third kappa shape index (κ3) is 8.20. The van der Waals surface area contributed by atoms with Gasteiger partial charge in [-0.05, 0) is 36.2 Å². The lowest BCUT2D eigenvalue weighted by atomic mass is 10.2. The molecule has 0 radical (unpaired) electrons. The predicted octanol–water partition coefficient (Wildman–Crippen LogP) is 3.25. The third-order valence-electron chi connectivity index (χ3n) is 4.99. The minimum atomic E-state index is 0. The largest absolute Gasteiger partial charge is 0.497 e. The van der Waals surface area contributed by atoms with Gasteiger partial charge in [-0.2, -0.15) is 0 Å². The number of nitrogens with one attached hydrogen (secondary N) is 1. The van der Waals surface area contributed by atoms with Crippen molar-refractivity contribution in [1.29, 1.82) is 0 Å². The number of guanidine groups is 1. The number of anilines is 1. The van der Waals surface area contributed by atoms with E-state index in [9.17, 15) is 0 Å². The first-order valence-electron chi connectivity index (χ1n) is 9.92. The molecule has 1 fully saturated rings. The van der Waals surface area contributed by atoms with E-state index >= 15 is 0 Å². The van der Waals surface area contributed by atoms with Crippen molar-refractivity contribution in [2.24, 2.45) is 10.7 Å². The van der Waals surface area contributed by atoms with Gasteiger partial charge in [0.1, 0.15) is 5.75 Å². The van der Waals surface area contributed by atoms with Crippen LogP contribution in [0.25, 0.3) is 0 Å². The lowest BCUT2D eigenvalue weighted by Crippen LogP contribution is -2.46. The van der Waals surface area contributed by atoms with Crippen molar-refractivity contribution in [1.82, 2.24) is 9.80 Å². The number of nitrogens with zero attached hydrogens (tertiary/aromatic N) is 3. The molecular formula is C22H32IN5O. The molecule has 3 rings (SSSR count). The van der Waals surface area contributed by atoms with Crippen molar-refractivity contribution in [2.75, 3.05) is 51.7 Å². The molecule has 158 valence electrons. The molecule has 0 amide bonds. The van der Waals surface area contributed by atoms with Crippen LogP contribution in [-0.4, -0.2) is 62.1 Å². The number of aliphatic imine (C=N–C) groups is 1. The van der Waals surface area contributed by atoms with Crippen LogP contribution in [-0.2, 0) is 6.54 Å². The highest BCUT2D eigenvalue weighted by molar-refractivity contribution is 14.0. The van der Waals surface area contributed by atoms with E-state index in [1.807, 2.05) is 24.3 Å². The average molecular weight is 509 g/mol. The standard InChI is InChI=1S/C22H31N5O.HI/c1-28-21-10-8-20(9-11-21)25-22(23)24-12-5-13-26-14-16-27(17-15-26)18-19-6-3-2-4-7-19;/h2-4,6-11H,5,12-18H2,1H3,(H3,23,24,25);1H. The Hall–Kier alpha value is -1.84. The molecule has 2 aromatic rings. The van der Waals surface area contributed by atoms with E-state index in [0.717, 1.165) is 63.7 Å². The zero-order valence-corrected chi connectivity index (χ0v) is 19.4. The zero-order chi connectivity index (χ0) is 19.6. The predicted molar refractivity (Wildman–Crippen MR) is 131 cm³/mol. The number of benzene rings is 2. The van der Waals surface area contributed by atoms with Crippen LogP contribution in [0.3, 0.4) is 0 Å². The summed E-state index contributed by atoms with van der Waals surface area (Å²) in [6.07, 6.45) is 1.02. The van der Waals surface area contributed by atoms with Crippen molar-refractivity contribution < 1.29 is 4.74 Å². The molecule has 2 aromatic carbocycles. The summed E-state index contributed by atoms with van der Waals surface area (Å²) >= 11 is 0. The quantitative estimate of drug-likeness (QED) is 0.248. The Morgan fingerprint density at radius 1 is 1.00 bits per heavy atom. The van der Waals surface area contributed by atoms with Crippen molar-refractivity contribution in [3.8, 4) is 5.75 Å². The lowest BCUT2D eigenvalue weighted by Gasteiger charge is -2.34. The van der Waals surface area contributed by atoms with Crippen LogP contribution in [0, 0.1) is 0 Å². The Bertz CT molecular complexity index is 731. The van der Waals surface area contributed by atoms with Crippen LogP contribution in [0.15, 0.2) is 59.6 Å². The molecule has 7 heteroatoms. The number of rotatable bonds is 8. The van der Waals surface area contributed by atoms with E-state index in [4.69, 9.17) is 10.5 Å². The van der Waals surface area contributed by atoms with E-state index in [0.29, 0.717) is 5.96 Å². The Labute approximate surface area is 191 Å². The van der Waals surface area contributed by atoms with Gasteiger partial charge in [0.05, 0.1) is 7.11 Å². The maximum Gasteiger partial charge on any atom is 0.193 e. The van der Waals surface area contributed by atoms with Crippen LogP contribution >= 0.6 is 24.0 Å². The lowest BCUT2D eigenvalue weighted by molar-refractivity contribution is 0.127. The number of methoxy groups -OCH3 is 1. The second-order valence-corrected chi connectivity index (χ2v) is 7.08. The summed E-state index contributed by atoms with van der Waals surface area (Å²) in [4.78, 5) is 9.48. The fourth-order valence-electron chi connectivity index (χ4n) is 3.37. The van der Waals surface area contributed by atoms with Crippen molar-refractivity contribution in [3.63, 3.8) is 0 Å².